The summed E-state index contributed by atoms with van der Waals surface area (Å²) in [6.07, 6.45) is 6.07. The van der Waals surface area contributed by atoms with Crippen LogP contribution in [0.5, 0.6) is 0 Å². The van der Waals surface area contributed by atoms with E-state index in [0.29, 0.717) is 50.0 Å². The van der Waals surface area contributed by atoms with E-state index in [4.69, 9.17) is 5.73 Å². The molecule has 0 spiro atoms. The second-order valence-corrected chi connectivity index (χ2v) is 8.18. The van der Waals surface area contributed by atoms with E-state index < -0.39 is 5.91 Å². The van der Waals surface area contributed by atoms with Gasteiger partial charge in [-0.15, -0.1) is 0 Å². The van der Waals surface area contributed by atoms with Gasteiger partial charge in [-0.2, -0.15) is 0 Å². The molecule has 1 aromatic rings. The van der Waals surface area contributed by atoms with Crippen molar-refractivity contribution >= 4 is 17.7 Å². The van der Waals surface area contributed by atoms with Crippen molar-refractivity contribution in [2.45, 2.75) is 38.6 Å². The first-order chi connectivity index (χ1) is 13.3. The van der Waals surface area contributed by atoms with E-state index in [2.05, 4.69) is 17.1 Å². The Balaban J connectivity index is 1.45. The molecule has 1 aliphatic carbocycles. The van der Waals surface area contributed by atoms with Gasteiger partial charge >= 0.3 is 0 Å². The number of nitrogens with zero attached hydrogens (tertiary/aromatic N) is 3. The minimum atomic E-state index is -0.544. The predicted molar refractivity (Wildman–Crippen MR) is 106 cm³/mol. The molecule has 2 aliphatic rings. The van der Waals surface area contributed by atoms with Gasteiger partial charge < -0.3 is 20.5 Å². The van der Waals surface area contributed by atoms with Crippen molar-refractivity contribution in [3.05, 3.63) is 23.5 Å². The first-order valence-corrected chi connectivity index (χ1v) is 10.1. The van der Waals surface area contributed by atoms with Gasteiger partial charge in [0.15, 0.2) is 0 Å². The van der Waals surface area contributed by atoms with E-state index >= 15 is 0 Å². The van der Waals surface area contributed by atoms with Crippen molar-refractivity contribution in [1.82, 2.24) is 19.7 Å². The number of carbonyl (C=O) groups excluding carboxylic acids is 3. The lowest BCUT2D eigenvalue weighted by Gasteiger charge is -2.35. The number of rotatable bonds is 5. The van der Waals surface area contributed by atoms with Gasteiger partial charge in [0.1, 0.15) is 5.69 Å². The molecule has 0 radical (unpaired) electrons. The van der Waals surface area contributed by atoms with Crippen molar-refractivity contribution < 1.29 is 14.4 Å². The maximum Gasteiger partial charge on any atom is 0.270 e. The molecule has 0 atom stereocenters. The number of nitrogens with two attached hydrogens (primary N) is 1. The number of hydrogen-bond acceptors (Lipinski definition) is 4. The van der Waals surface area contributed by atoms with Gasteiger partial charge in [-0.05, 0) is 37.7 Å². The van der Waals surface area contributed by atoms with Crippen LogP contribution in [0.15, 0.2) is 12.3 Å². The van der Waals surface area contributed by atoms with E-state index in [1.54, 1.807) is 22.7 Å². The lowest BCUT2D eigenvalue weighted by Crippen LogP contribution is -2.52. The number of nitrogens with one attached hydrogen (secondary N) is 1. The lowest BCUT2D eigenvalue weighted by molar-refractivity contribution is -0.123. The number of piperazine rings is 1. The summed E-state index contributed by atoms with van der Waals surface area (Å²) >= 11 is 0. The lowest BCUT2D eigenvalue weighted by atomic mass is 9.87. The van der Waals surface area contributed by atoms with E-state index in [0.717, 1.165) is 18.8 Å². The van der Waals surface area contributed by atoms with Gasteiger partial charge in [0.05, 0.1) is 12.1 Å². The second kappa shape index (κ2) is 8.77. The van der Waals surface area contributed by atoms with Crippen molar-refractivity contribution in [2.24, 2.45) is 18.7 Å². The zero-order valence-electron chi connectivity index (χ0n) is 16.8. The minimum absolute atomic E-state index is 0.0767. The van der Waals surface area contributed by atoms with Gasteiger partial charge in [-0.1, -0.05) is 6.92 Å². The van der Waals surface area contributed by atoms with Crippen LogP contribution in [0.4, 0.5) is 0 Å². The molecule has 3 amide bonds. The zero-order chi connectivity index (χ0) is 20.3. The summed E-state index contributed by atoms with van der Waals surface area (Å²) in [6, 6.07) is 1.85. The monoisotopic (exact) mass is 389 g/mol. The van der Waals surface area contributed by atoms with Crippen molar-refractivity contribution in [1.29, 1.82) is 0 Å². The number of amides is 3. The summed E-state index contributed by atoms with van der Waals surface area (Å²) in [4.78, 5) is 40.2. The summed E-state index contributed by atoms with van der Waals surface area (Å²) in [5.74, 6) is 0.184. The van der Waals surface area contributed by atoms with Crippen molar-refractivity contribution in [3.8, 4) is 0 Å². The summed E-state index contributed by atoms with van der Waals surface area (Å²) in [5, 5.41) is 3.16. The molecule has 8 heteroatoms. The van der Waals surface area contributed by atoms with Crippen LogP contribution >= 0.6 is 0 Å². The van der Waals surface area contributed by atoms with Gasteiger partial charge in [-0.3, -0.25) is 19.3 Å². The topological polar surface area (TPSA) is 101 Å². The number of aryl methyl sites for hydroxylation is 1. The molecule has 0 aromatic carbocycles. The normalized spacial score (nSPS) is 23.4. The summed E-state index contributed by atoms with van der Waals surface area (Å²) in [6.45, 7) is 5.09. The Morgan fingerprint density at radius 2 is 1.75 bits per heavy atom. The highest BCUT2D eigenvalue weighted by atomic mass is 16.2. The largest absolute Gasteiger partial charge is 0.366 e. The van der Waals surface area contributed by atoms with Crippen LogP contribution in [-0.2, 0) is 11.8 Å². The molecular weight excluding hydrogens is 358 g/mol. The molecule has 1 aromatic heterocycles. The molecule has 28 heavy (non-hydrogen) atoms. The third-order valence-corrected chi connectivity index (χ3v) is 5.92. The van der Waals surface area contributed by atoms with Crippen molar-refractivity contribution in [3.63, 3.8) is 0 Å². The summed E-state index contributed by atoms with van der Waals surface area (Å²) in [5.41, 5.74) is 6.07. The van der Waals surface area contributed by atoms with Gasteiger partial charge in [0.2, 0.25) is 11.8 Å². The number of hydrogen-bond donors (Lipinski definition) is 2. The molecule has 154 valence electrons. The molecule has 1 saturated heterocycles. The standard InChI is InChI=1S/C20H31N5O3/c1-14-3-5-16(6-4-14)22-18(26)13-24-7-9-25(10-8-24)20(28)17-11-15(19(21)27)12-23(17)2/h11-12,14,16H,3-10,13H2,1-2H3,(H2,21,27)(H,22,26). The first kappa shape index (κ1) is 20.4. The maximum absolute atomic E-state index is 12.7. The number of aromatic nitrogens is 1. The summed E-state index contributed by atoms with van der Waals surface area (Å²) in [7, 11) is 1.73. The molecule has 3 N–H and O–H groups in total. The molecule has 0 bridgehead atoms. The second-order valence-electron chi connectivity index (χ2n) is 8.18. The fraction of sp³-hybridized carbons (Fsp3) is 0.650. The van der Waals surface area contributed by atoms with E-state index in [9.17, 15) is 14.4 Å². The highest BCUT2D eigenvalue weighted by Gasteiger charge is 2.26. The molecular formula is C20H31N5O3. The Hall–Kier alpha value is -2.35. The molecule has 1 saturated carbocycles. The Bertz CT molecular complexity index is 728. The quantitative estimate of drug-likeness (QED) is 0.769. The Labute approximate surface area is 166 Å². The average Bonchev–Trinajstić information content (AvgIpc) is 3.06. The Morgan fingerprint density at radius 1 is 1.11 bits per heavy atom. The van der Waals surface area contributed by atoms with Crippen LogP contribution in [0.3, 0.4) is 0 Å². The van der Waals surface area contributed by atoms with Crippen molar-refractivity contribution in [2.75, 3.05) is 32.7 Å². The smallest absolute Gasteiger partial charge is 0.270 e. The third kappa shape index (κ3) is 4.92. The third-order valence-electron chi connectivity index (χ3n) is 5.92. The van der Waals surface area contributed by atoms with Crippen LogP contribution in [0, 0.1) is 5.92 Å². The summed E-state index contributed by atoms with van der Waals surface area (Å²) < 4.78 is 1.63. The van der Waals surface area contributed by atoms with Crippen LogP contribution in [0.2, 0.25) is 0 Å². The SMILES string of the molecule is CC1CCC(NC(=O)CN2CCN(C(=O)c3cc(C(N)=O)cn3C)CC2)CC1. The van der Waals surface area contributed by atoms with Crippen LogP contribution in [0.25, 0.3) is 0 Å². The van der Waals surface area contributed by atoms with Crippen LogP contribution in [-0.4, -0.2) is 70.9 Å². The molecule has 0 unspecified atom stereocenters. The van der Waals surface area contributed by atoms with Crippen LogP contribution < -0.4 is 11.1 Å². The molecule has 2 fully saturated rings. The zero-order valence-corrected chi connectivity index (χ0v) is 16.8. The van der Waals surface area contributed by atoms with Crippen LogP contribution in [0.1, 0.15) is 53.5 Å². The Morgan fingerprint density at radius 3 is 2.32 bits per heavy atom. The Kier molecular flexibility index (Phi) is 6.39. The number of primary amides is 1. The molecule has 3 rings (SSSR count). The van der Waals surface area contributed by atoms with Gasteiger partial charge in [0, 0.05) is 45.5 Å². The van der Waals surface area contributed by atoms with E-state index in [-0.39, 0.29) is 11.8 Å². The van der Waals surface area contributed by atoms with E-state index in [1.165, 1.54) is 18.9 Å². The number of carbonyl (C=O) groups is 3. The van der Waals surface area contributed by atoms with E-state index in [1.807, 2.05) is 0 Å². The predicted octanol–water partition coefficient (Wildman–Crippen LogP) is 0.577. The first-order valence-electron chi connectivity index (χ1n) is 10.1. The van der Waals surface area contributed by atoms with Gasteiger partial charge in [0.25, 0.3) is 5.91 Å². The fourth-order valence-corrected chi connectivity index (χ4v) is 4.06. The highest BCUT2D eigenvalue weighted by Crippen LogP contribution is 2.23. The molecule has 8 nitrogen and oxygen atoms in total. The highest BCUT2D eigenvalue weighted by molar-refractivity contribution is 5.98. The molecule has 2 heterocycles. The average molecular weight is 390 g/mol. The minimum Gasteiger partial charge on any atom is -0.366 e. The fourth-order valence-electron chi connectivity index (χ4n) is 4.06. The maximum atomic E-state index is 12.7. The van der Waals surface area contributed by atoms with Gasteiger partial charge in [-0.25, -0.2) is 0 Å². The molecule has 1 aliphatic heterocycles.